The van der Waals surface area contributed by atoms with Gasteiger partial charge in [-0.05, 0) is 35.4 Å². The second-order valence-electron chi connectivity index (χ2n) is 5.56. The van der Waals surface area contributed by atoms with Crippen LogP contribution in [0.15, 0.2) is 59.6 Å². The summed E-state index contributed by atoms with van der Waals surface area (Å²) >= 11 is 0. The number of hydrogen-bond acceptors (Lipinski definition) is 2. The summed E-state index contributed by atoms with van der Waals surface area (Å²) in [6.07, 6.45) is 4.10. The number of phenolic OH excluding ortho intramolecular Hbond substituents is 1. The number of aromatic hydroxyl groups is 1. The third-order valence-electron chi connectivity index (χ3n) is 3.79. The van der Waals surface area contributed by atoms with Crippen molar-refractivity contribution in [3.8, 4) is 5.75 Å². The van der Waals surface area contributed by atoms with E-state index in [2.05, 4.69) is 38.1 Å². The molecule has 0 spiro atoms. The first kappa shape index (κ1) is 12.7. The lowest BCUT2D eigenvalue weighted by molar-refractivity contribution is 0.475. The number of hydrogen-bond donors (Lipinski definition) is 1. The average Bonchev–Trinajstić information content (AvgIpc) is 2.70. The molecule has 20 heavy (non-hydrogen) atoms. The van der Waals surface area contributed by atoms with E-state index < -0.39 is 0 Å². The van der Waals surface area contributed by atoms with Crippen LogP contribution in [0.3, 0.4) is 0 Å². The van der Waals surface area contributed by atoms with Gasteiger partial charge >= 0.3 is 0 Å². The van der Waals surface area contributed by atoms with Gasteiger partial charge in [0, 0.05) is 5.41 Å². The molecule has 0 radical (unpaired) electrons. The van der Waals surface area contributed by atoms with Gasteiger partial charge in [-0.25, -0.2) is 0 Å². The molecule has 0 fully saturated rings. The second kappa shape index (κ2) is 4.64. The van der Waals surface area contributed by atoms with Gasteiger partial charge in [0.2, 0.25) is 0 Å². The van der Waals surface area contributed by atoms with Gasteiger partial charge in [-0.3, -0.25) is 4.99 Å². The van der Waals surface area contributed by atoms with Crippen LogP contribution < -0.4 is 0 Å². The highest BCUT2D eigenvalue weighted by Crippen LogP contribution is 2.40. The van der Waals surface area contributed by atoms with E-state index in [9.17, 15) is 5.11 Å². The normalized spacial score (nSPS) is 16.2. The highest BCUT2D eigenvalue weighted by atomic mass is 16.3. The van der Waals surface area contributed by atoms with Crippen molar-refractivity contribution in [2.75, 3.05) is 0 Å². The SMILES string of the molecule is CC1(C)C(C=Cc2ccc(O)cc2)=Nc2ccccc21. The Balaban J connectivity index is 1.91. The molecule has 1 heterocycles. The minimum absolute atomic E-state index is 0.0655. The van der Waals surface area contributed by atoms with Crippen LogP contribution in [0.25, 0.3) is 6.08 Å². The third-order valence-corrected chi connectivity index (χ3v) is 3.79. The van der Waals surface area contributed by atoms with Gasteiger partial charge in [0.25, 0.3) is 0 Å². The first-order valence-corrected chi connectivity index (χ1v) is 6.73. The molecule has 1 N–H and O–H groups in total. The summed E-state index contributed by atoms with van der Waals surface area (Å²) in [4.78, 5) is 4.72. The first-order valence-electron chi connectivity index (χ1n) is 6.73. The molecule has 0 aromatic heterocycles. The molecule has 2 heteroatoms. The second-order valence-corrected chi connectivity index (χ2v) is 5.56. The number of fused-ring (bicyclic) bond motifs is 1. The van der Waals surface area contributed by atoms with Crippen molar-refractivity contribution in [3.05, 3.63) is 65.7 Å². The van der Waals surface area contributed by atoms with Crippen molar-refractivity contribution in [2.45, 2.75) is 19.3 Å². The Morgan fingerprint density at radius 1 is 0.950 bits per heavy atom. The van der Waals surface area contributed by atoms with Gasteiger partial charge < -0.3 is 5.11 Å². The van der Waals surface area contributed by atoms with Crippen molar-refractivity contribution >= 4 is 17.5 Å². The van der Waals surface area contributed by atoms with Crippen molar-refractivity contribution in [1.29, 1.82) is 0 Å². The van der Waals surface area contributed by atoms with Gasteiger partial charge in [-0.15, -0.1) is 0 Å². The van der Waals surface area contributed by atoms with Crippen LogP contribution in [0.4, 0.5) is 5.69 Å². The minimum Gasteiger partial charge on any atom is -0.508 e. The summed E-state index contributed by atoms with van der Waals surface area (Å²) in [5.74, 6) is 0.285. The van der Waals surface area contributed by atoms with Crippen LogP contribution in [0.1, 0.15) is 25.0 Å². The fraction of sp³-hybridized carbons (Fsp3) is 0.167. The Hall–Kier alpha value is -2.35. The topological polar surface area (TPSA) is 32.6 Å². The zero-order chi connectivity index (χ0) is 14.2. The van der Waals surface area contributed by atoms with Crippen molar-refractivity contribution < 1.29 is 5.11 Å². The largest absolute Gasteiger partial charge is 0.508 e. The van der Waals surface area contributed by atoms with E-state index in [1.54, 1.807) is 12.1 Å². The first-order chi connectivity index (χ1) is 9.57. The van der Waals surface area contributed by atoms with Gasteiger partial charge in [0.05, 0.1) is 11.4 Å². The van der Waals surface area contributed by atoms with Crippen molar-refractivity contribution in [1.82, 2.24) is 0 Å². The van der Waals surface area contributed by atoms with Gasteiger partial charge in [-0.1, -0.05) is 50.3 Å². The van der Waals surface area contributed by atoms with E-state index in [0.29, 0.717) is 0 Å². The molecule has 0 bridgehead atoms. The molecule has 100 valence electrons. The molecule has 2 nitrogen and oxygen atoms in total. The Morgan fingerprint density at radius 3 is 2.35 bits per heavy atom. The number of para-hydroxylation sites is 1. The van der Waals surface area contributed by atoms with Crippen molar-refractivity contribution in [3.63, 3.8) is 0 Å². The predicted molar refractivity (Wildman–Crippen MR) is 83.7 cm³/mol. The molecule has 0 amide bonds. The minimum atomic E-state index is -0.0655. The number of nitrogens with zero attached hydrogens (tertiary/aromatic N) is 1. The number of allylic oxidation sites excluding steroid dienone is 1. The monoisotopic (exact) mass is 263 g/mol. The van der Waals surface area contributed by atoms with Crippen LogP contribution >= 0.6 is 0 Å². The Bertz CT molecular complexity index is 694. The van der Waals surface area contributed by atoms with Gasteiger partial charge in [-0.2, -0.15) is 0 Å². The lowest BCUT2D eigenvalue weighted by Gasteiger charge is -2.20. The molecule has 0 unspecified atom stereocenters. The average molecular weight is 263 g/mol. The summed E-state index contributed by atoms with van der Waals surface area (Å²) < 4.78 is 0. The number of benzene rings is 2. The standard InChI is InChI=1S/C18H17NO/c1-18(2)15-5-3-4-6-16(15)19-17(18)12-9-13-7-10-14(20)11-8-13/h3-12,20H,1-2H3. The van der Waals surface area contributed by atoms with Crippen LogP contribution in [0.5, 0.6) is 5.75 Å². The van der Waals surface area contributed by atoms with Crippen LogP contribution in [-0.4, -0.2) is 10.8 Å². The van der Waals surface area contributed by atoms with E-state index in [4.69, 9.17) is 4.99 Å². The maximum atomic E-state index is 9.29. The number of phenols is 1. The molecule has 2 aromatic rings. The van der Waals surface area contributed by atoms with Gasteiger partial charge in [0.15, 0.2) is 0 Å². The lowest BCUT2D eigenvalue weighted by Crippen LogP contribution is -2.23. The summed E-state index contributed by atoms with van der Waals surface area (Å²) in [5, 5.41) is 9.29. The van der Waals surface area contributed by atoms with Crippen LogP contribution in [0, 0.1) is 0 Å². The van der Waals surface area contributed by atoms with E-state index >= 15 is 0 Å². The summed E-state index contributed by atoms with van der Waals surface area (Å²) in [5.41, 5.74) is 4.38. The van der Waals surface area contributed by atoms with Crippen LogP contribution in [-0.2, 0) is 5.41 Å². The Morgan fingerprint density at radius 2 is 1.65 bits per heavy atom. The number of rotatable bonds is 2. The molecular formula is C18H17NO. The third kappa shape index (κ3) is 2.14. The quantitative estimate of drug-likeness (QED) is 0.852. The molecule has 0 atom stereocenters. The van der Waals surface area contributed by atoms with Crippen LogP contribution in [0.2, 0.25) is 0 Å². The molecule has 1 aliphatic rings. The highest BCUT2D eigenvalue weighted by molar-refractivity contribution is 6.10. The molecule has 0 saturated carbocycles. The highest BCUT2D eigenvalue weighted by Gasteiger charge is 2.32. The molecule has 0 aliphatic carbocycles. The van der Waals surface area contributed by atoms with Crippen molar-refractivity contribution in [2.24, 2.45) is 4.99 Å². The number of aliphatic imine (C=N–C) groups is 1. The van der Waals surface area contributed by atoms with E-state index in [-0.39, 0.29) is 11.2 Å². The zero-order valence-electron chi connectivity index (χ0n) is 11.7. The fourth-order valence-corrected chi connectivity index (χ4v) is 2.51. The smallest absolute Gasteiger partial charge is 0.115 e. The zero-order valence-corrected chi connectivity index (χ0v) is 11.7. The van der Waals surface area contributed by atoms with Gasteiger partial charge in [0.1, 0.15) is 5.75 Å². The fourth-order valence-electron chi connectivity index (χ4n) is 2.51. The Kier molecular flexibility index (Phi) is 2.94. The maximum Gasteiger partial charge on any atom is 0.115 e. The summed E-state index contributed by atoms with van der Waals surface area (Å²) in [6, 6.07) is 15.4. The lowest BCUT2D eigenvalue weighted by atomic mass is 9.81. The summed E-state index contributed by atoms with van der Waals surface area (Å²) in [6.45, 7) is 4.39. The molecule has 3 rings (SSSR count). The maximum absolute atomic E-state index is 9.29. The Labute approximate surface area is 119 Å². The molecular weight excluding hydrogens is 246 g/mol. The molecule has 2 aromatic carbocycles. The molecule has 0 saturated heterocycles. The van der Waals surface area contributed by atoms with E-state index in [0.717, 1.165) is 17.0 Å². The van der Waals surface area contributed by atoms with E-state index in [1.807, 2.05) is 24.3 Å². The van der Waals surface area contributed by atoms with E-state index in [1.165, 1.54) is 5.56 Å². The summed E-state index contributed by atoms with van der Waals surface area (Å²) in [7, 11) is 0. The molecule has 1 aliphatic heterocycles. The predicted octanol–water partition coefficient (Wildman–Crippen LogP) is 4.47.